The van der Waals surface area contributed by atoms with Crippen LogP contribution in [0.1, 0.15) is 149 Å². The molecule has 5 aliphatic rings. The monoisotopic (exact) mass is 1030 g/mol. The number of esters is 1. The van der Waals surface area contributed by atoms with Crippen molar-refractivity contribution in [2.75, 3.05) is 20.8 Å². The van der Waals surface area contributed by atoms with E-state index in [9.17, 15) is 39.9 Å². The summed E-state index contributed by atoms with van der Waals surface area (Å²) in [5.41, 5.74) is 6.44. The van der Waals surface area contributed by atoms with Crippen LogP contribution in [-0.4, -0.2) is 130 Å². The molecule has 5 N–H and O–H groups in total. The van der Waals surface area contributed by atoms with Gasteiger partial charge >= 0.3 is 5.97 Å². The maximum absolute atomic E-state index is 14.6. The molecule has 0 spiro atoms. The van der Waals surface area contributed by atoms with Crippen molar-refractivity contribution in [2.45, 2.75) is 206 Å². The molecular weight excluding hydrogens is 939 g/mol. The standard InChI is InChI=1S/C61H91NO12/c1-36-18-13-11-12-14-19-38(3)49(48-27-26-46-37(2)20-17-21-47(46)48)34-45-25-23-43(8)61(70,74-45)58(67)59(68)62-29-16-15-22-50(62)60(69)73-53(40(5)32-44-24-28-51(63)54(33-44)71-9)35-52(64)39(4)31-42(7)56(66)57(72-10)55(65)41(6)30-36/h11-14,17,19-21,27,31,36,39-41,43-45,49-57,63-66,70H,15-16,18,22-26,28-30,32-35H2,1-10H3/b13-11+,14-12+,38-19+,42-31+/t36-,39-,40-,41-,43-,44+,45+,49+,50+,51?,52+,53?,54-,55+,56-,57?,61-/m1/s1. The Hall–Kier alpha value is -3.79. The molecule has 2 bridgehead atoms. The van der Waals surface area contributed by atoms with Crippen molar-refractivity contribution in [3.05, 3.63) is 88.6 Å². The largest absolute Gasteiger partial charge is 0.460 e. The van der Waals surface area contributed by atoms with Gasteiger partial charge in [0.25, 0.3) is 11.7 Å². The number of nitrogens with zero attached hydrogens (tertiary/aromatic N) is 1. The fourth-order valence-corrected chi connectivity index (χ4v) is 12.7. The number of rotatable bonds is 6. The highest BCUT2D eigenvalue weighted by Crippen LogP contribution is 2.44. The number of fused-ring (bicyclic) bond motifs is 4. The van der Waals surface area contributed by atoms with Gasteiger partial charge in [-0.3, -0.25) is 9.59 Å². The highest BCUT2D eigenvalue weighted by Gasteiger charge is 2.53. The number of cyclic esters (lactones) is 1. The SMILES string of the molecule is COC1[C@H](O)/C(C)=C/[C@@H](C)[C@@H](O)CC([C@H](C)C[C@@H]2CCC(O)[C@H](OC)C2)OC(=O)[C@@H]2CCCCN2C(=O)C(=O)[C@]2(O)O[C@@H](CC[C@H]2C)C[C@H](C2=CCc3c(C)cccc32)/C(C)=C/C=C/C=C/C[C@@H](C)C[C@@H](C)[C@@H]1O. The zero-order valence-electron chi connectivity index (χ0n) is 46.2. The number of carbonyl (C=O) groups is 3. The summed E-state index contributed by atoms with van der Waals surface area (Å²) in [6.45, 7) is 15.7. The zero-order chi connectivity index (χ0) is 54.0. The first kappa shape index (κ1) is 59.5. The van der Waals surface area contributed by atoms with Gasteiger partial charge in [-0.1, -0.05) is 101 Å². The molecule has 3 fully saturated rings. The smallest absolute Gasteiger partial charge is 0.329 e. The number of methoxy groups -OCH3 is 2. The molecule has 2 saturated heterocycles. The second-order valence-corrected chi connectivity index (χ2v) is 23.2. The molecule has 3 heterocycles. The molecule has 1 amide bonds. The van der Waals surface area contributed by atoms with Crippen molar-refractivity contribution in [1.29, 1.82) is 0 Å². The quantitative estimate of drug-likeness (QED) is 0.104. The number of piperidine rings is 1. The minimum Gasteiger partial charge on any atom is -0.460 e. The summed E-state index contributed by atoms with van der Waals surface area (Å²) in [5, 5.41) is 58.1. The first-order chi connectivity index (χ1) is 35.2. The number of benzene rings is 1. The lowest BCUT2D eigenvalue weighted by Gasteiger charge is -2.43. The highest BCUT2D eigenvalue weighted by atomic mass is 16.6. The number of amides is 1. The molecule has 2 aliphatic carbocycles. The zero-order valence-corrected chi connectivity index (χ0v) is 46.2. The Labute approximate surface area is 442 Å². The third-order valence-electron chi connectivity index (χ3n) is 17.5. The Morgan fingerprint density at radius 2 is 1.59 bits per heavy atom. The molecule has 3 unspecified atom stereocenters. The van der Waals surface area contributed by atoms with E-state index in [1.807, 2.05) is 39.0 Å². The van der Waals surface area contributed by atoms with Crippen LogP contribution in [0.3, 0.4) is 0 Å². The maximum atomic E-state index is 14.6. The lowest BCUT2D eigenvalue weighted by molar-refractivity contribution is -0.264. The van der Waals surface area contributed by atoms with E-state index in [4.69, 9.17) is 18.9 Å². The fourth-order valence-electron chi connectivity index (χ4n) is 12.7. The van der Waals surface area contributed by atoms with E-state index < -0.39 is 84.1 Å². The van der Waals surface area contributed by atoms with Crippen molar-refractivity contribution >= 4 is 23.2 Å². The summed E-state index contributed by atoms with van der Waals surface area (Å²) in [6, 6.07) is 5.24. The number of carbonyl (C=O) groups excluding carboxylic acids is 3. The van der Waals surface area contributed by atoms with Crippen LogP contribution in [0.5, 0.6) is 0 Å². The molecule has 1 aromatic carbocycles. The van der Waals surface area contributed by atoms with Gasteiger partial charge in [0.1, 0.15) is 24.4 Å². The maximum Gasteiger partial charge on any atom is 0.329 e. The Morgan fingerprint density at radius 3 is 2.32 bits per heavy atom. The first-order valence-corrected chi connectivity index (χ1v) is 27.9. The van der Waals surface area contributed by atoms with Gasteiger partial charge in [0.15, 0.2) is 0 Å². The van der Waals surface area contributed by atoms with Crippen molar-refractivity contribution in [1.82, 2.24) is 4.90 Å². The molecule has 0 aromatic heterocycles. The Kier molecular flexibility index (Phi) is 21.7. The van der Waals surface area contributed by atoms with Crippen molar-refractivity contribution < 1.29 is 58.9 Å². The average Bonchev–Trinajstić information content (AvgIpc) is 3.82. The van der Waals surface area contributed by atoms with Gasteiger partial charge in [-0.15, -0.1) is 0 Å². The topological polar surface area (TPSA) is 193 Å². The number of allylic oxidation sites excluding steroid dienone is 8. The van der Waals surface area contributed by atoms with Gasteiger partial charge < -0.3 is 49.4 Å². The third-order valence-corrected chi connectivity index (χ3v) is 17.5. The van der Waals surface area contributed by atoms with Crippen LogP contribution < -0.4 is 0 Å². The van der Waals surface area contributed by atoms with Crippen LogP contribution in [0.25, 0.3) is 5.57 Å². The molecule has 13 nitrogen and oxygen atoms in total. The number of Topliss-reactive ketones (excluding diaryl/α,β-unsaturated/α-hetero) is 1. The molecule has 6 rings (SSSR count). The molecule has 0 radical (unpaired) electrons. The molecule has 412 valence electrons. The van der Waals surface area contributed by atoms with E-state index in [2.05, 4.69) is 57.2 Å². The summed E-state index contributed by atoms with van der Waals surface area (Å²) >= 11 is 0. The second kappa shape index (κ2) is 27.0. The fraction of sp³-hybridized carbons (Fsp3) is 0.689. The van der Waals surface area contributed by atoms with E-state index in [1.54, 1.807) is 27.0 Å². The van der Waals surface area contributed by atoms with Crippen LogP contribution in [0, 0.1) is 48.3 Å². The normalized spacial score (nSPS) is 39.7. The van der Waals surface area contributed by atoms with E-state index in [0.717, 1.165) is 24.8 Å². The number of ketones is 1. The summed E-state index contributed by atoms with van der Waals surface area (Å²) in [7, 11) is 3.07. The first-order valence-electron chi connectivity index (χ1n) is 27.9. The number of aryl methyl sites for hydroxylation is 1. The average molecular weight is 1030 g/mol. The Morgan fingerprint density at radius 1 is 0.838 bits per heavy atom. The minimum absolute atomic E-state index is 0.0380. The lowest BCUT2D eigenvalue weighted by atomic mass is 9.78. The number of hydrogen-bond donors (Lipinski definition) is 5. The van der Waals surface area contributed by atoms with E-state index in [-0.39, 0.29) is 55.1 Å². The summed E-state index contributed by atoms with van der Waals surface area (Å²) < 4.78 is 24.3. The number of aliphatic hydroxyl groups excluding tert-OH is 4. The van der Waals surface area contributed by atoms with E-state index in [1.165, 1.54) is 34.3 Å². The van der Waals surface area contributed by atoms with Gasteiger partial charge in [-0.25, -0.2) is 4.79 Å². The number of hydrogen-bond acceptors (Lipinski definition) is 12. The van der Waals surface area contributed by atoms with Crippen LogP contribution in [0.2, 0.25) is 0 Å². The molecule has 1 saturated carbocycles. The van der Waals surface area contributed by atoms with Crippen LogP contribution in [0.4, 0.5) is 0 Å². The molecule has 13 heteroatoms. The van der Waals surface area contributed by atoms with Gasteiger partial charge in [0.2, 0.25) is 5.79 Å². The summed E-state index contributed by atoms with van der Waals surface area (Å²) in [6.07, 6.45) is 15.7. The molecule has 3 aliphatic heterocycles. The van der Waals surface area contributed by atoms with Gasteiger partial charge in [-0.2, -0.15) is 0 Å². The van der Waals surface area contributed by atoms with Gasteiger partial charge in [-0.05, 0) is 156 Å². The second-order valence-electron chi connectivity index (χ2n) is 23.2. The van der Waals surface area contributed by atoms with E-state index >= 15 is 0 Å². The lowest BCUT2D eigenvalue weighted by Crippen LogP contribution is -2.60. The van der Waals surface area contributed by atoms with Crippen molar-refractivity contribution in [3.63, 3.8) is 0 Å². The van der Waals surface area contributed by atoms with Crippen LogP contribution in [-0.2, 0) is 39.8 Å². The van der Waals surface area contributed by atoms with E-state index in [0.29, 0.717) is 63.4 Å². The molecule has 17 atom stereocenters. The Bertz CT molecular complexity index is 2220. The number of ether oxygens (including phenoxy) is 4. The van der Waals surface area contributed by atoms with Crippen molar-refractivity contribution in [2.24, 2.45) is 41.4 Å². The molecular formula is C61H91NO12. The minimum atomic E-state index is -2.42. The van der Waals surface area contributed by atoms with Crippen LogP contribution >= 0.6 is 0 Å². The highest BCUT2D eigenvalue weighted by molar-refractivity contribution is 6.39. The molecule has 74 heavy (non-hydrogen) atoms. The Balaban J connectivity index is 1.33. The van der Waals surface area contributed by atoms with Gasteiger partial charge in [0, 0.05) is 44.9 Å². The number of aliphatic hydroxyl groups is 5. The predicted molar refractivity (Wildman–Crippen MR) is 287 cm³/mol. The molecule has 1 aromatic rings. The third kappa shape index (κ3) is 14.4. The van der Waals surface area contributed by atoms with Crippen molar-refractivity contribution in [3.8, 4) is 0 Å². The van der Waals surface area contributed by atoms with Crippen LogP contribution in [0.15, 0.2) is 71.9 Å². The van der Waals surface area contributed by atoms with Gasteiger partial charge in [0.05, 0.1) is 30.5 Å². The summed E-state index contributed by atoms with van der Waals surface area (Å²) in [4.78, 5) is 45.1. The predicted octanol–water partition coefficient (Wildman–Crippen LogP) is 8.70. The summed E-state index contributed by atoms with van der Waals surface area (Å²) in [5.74, 6) is -6.61.